The van der Waals surface area contributed by atoms with Gasteiger partial charge < -0.3 is 0 Å². The van der Waals surface area contributed by atoms with E-state index in [4.69, 9.17) is 28.5 Å². The lowest BCUT2D eigenvalue weighted by molar-refractivity contribution is 0.748. The van der Waals surface area contributed by atoms with Crippen LogP contribution in [0.1, 0.15) is 20.3 Å². The quantitative estimate of drug-likeness (QED) is 0.313. The Kier molecular flexibility index (Phi) is 6.27. The van der Waals surface area contributed by atoms with Crippen LogP contribution in [0.25, 0.3) is 0 Å². The second-order valence-electron chi connectivity index (χ2n) is 2.76. The van der Waals surface area contributed by atoms with Gasteiger partial charge in [0.1, 0.15) is 16.4 Å². The summed E-state index contributed by atoms with van der Waals surface area (Å²) in [4.78, 5) is 3.92. The molecule has 0 amide bonds. The Labute approximate surface area is 94.5 Å². The Bertz CT molecular complexity index is 311. The number of nitrogens with zero attached hydrogens (tertiary/aromatic N) is 2. The smallest absolute Gasteiger partial charge is 0.148 e. The van der Waals surface area contributed by atoms with E-state index in [1.54, 1.807) is 0 Å². The molecule has 2 nitrogen and oxygen atoms in total. The number of hydrogen-bond donors (Lipinski definition) is 0. The van der Waals surface area contributed by atoms with Crippen LogP contribution in [0.3, 0.4) is 0 Å². The second kappa shape index (κ2) is 6.64. The third kappa shape index (κ3) is 3.95. The molecule has 0 aromatic rings. The fourth-order valence-corrected chi connectivity index (χ4v) is 1.10. The highest BCUT2D eigenvalue weighted by atomic mass is 35.5. The monoisotopic (exact) mass is 230 g/mol. The molecule has 1 atom stereocenters. The third-order valence-corrected chi connectivity index (χ3v) is 2.52. The van der Waals surface area contributed by atoms with Gasteiger partial charge in [-0.05, 0) is 12.5 Å². The van der Waals surface area contributed by atoms with E-state index in [1.165, 1.54) is 6.08 Å². The maximum Gasteiger partial charge on any atom is 0.148 e. The number of allylic oxidation sites excluding steroid dienone is 2. The van der Waals surface area contributed by atoms with Gasteiger partial charge in [-0.3, -0.25) is 0 Å². The summed E-state index contributed by atoms with van der Waals surface area (Å²) in [5, 5.41) is 9.13. The standard InChI is InChI=1S/C10H12Cl2N2/c1-4-7(3)9(11)14-10(12)8(5-2)6-13/h5,7H,2,4H2,1,3H3/b10-8+,14-9?. The molecule has 0 aromatic heterocycles. The van der Waals surface area contributed by atoms with Gasteiger partial charge in [-0.2, -0.15) is 5.26 Å². The lowest BCUT2D eigenvalue weighted by Crippen LogP contribution is -2.02. The summed E-state index contributed by atoms with van der Waals surface area (Å²) in [6.07, 6.45) is 2.23. The Morgan fingerprint density at radius 2 is 2.21 bits per heavy atom. The molecule has 0 rings (SSSR count). The minimum Gasteiger partial charge on any atom is -0.227 e. The fraction of sp³-hybridized carbons (Fsp3) is 0.400. The number of rotatable bonds is 4. The van der Waals surface area contributed by atoms with Crippen molar-refractivity contribution in [1.82, 2.24) is 0 Å². The van der Waals surface area contributed by atoms with Gasteiger partial charge in [-0.1, -0.05) is 43.6 Å². The number of hydrogen-bond acceptors (Lipinski definition) is 2. The Hall–Kier alpha value is -0.780. The fourth-order valence-electron chi connectivity index (χ4n) is 0.609. The minimum absolute atomic E-state index is 0.0906. The summed E-state index contributed by atoms with van der Waals surface area (Å²) in [5.41, 5.74) is 0.230. The van der Waals surface area contributed by atoms with Gasteiger partial charge in [0.05, 0.1) is 5.57 Å². The first kappa shape index (κ1) is 13.2. The molecule has 0 aromatic carbocycles. The van der Waals surface area contributed by atoms with Crippen molar-refractivity contribution in [1.29, 1.82) is 5.26 Å². The van der Waals surface area contributed by atoms with E-state index in [9.17, 15) is 0 Å². The summed E-state index contributed by atoms with van der Waals surface area (Å²) < 4.78 is 0. The van der Waals surface area contributed by atoms with Crippen molar-refractivity contribution in [3.63, 3.8) is 0 Å². The van der Waals surface area contributed by atoms with Crippen LogP contribution < -0.4 is 0 Å². The van der Waals surface area contributed by atoms with Crippen LogP contribution in [-0.4, -0.2) is 5.17 Å². The lowest BCUT2D eigenvalue weighted by atomic mass is 10.1. The number of halogens is 2. The van der Waals surface area contributed by atoms with Gasteiger partial charge in [0.25, 0.3) is 0 Å². The maximum atomic E-state index is 8.63. The highest BCUT2D eigenvalue weighted by Crippen LogP contribution is 2.16. The zero-order valence-electron chi connectivity index (χ0n) is 8.22. The molecule has 0 spiro atoms. The highest BCUT2D eigenvalue weighted by Gasteiger charge is 2.07. The summed E-state index contributed by atoms with van der Waals surface area (Å²) in [6, 6.07) is 1.88. The third-order valence-electron chi connectivity index (χ3n) is 1.77. The van der Waals surface area contributed by atoms with Crippen LogP contribution in [0.5, 0.6) is 0 Å². The van der Waals surface area contributed by atoms with Crippen LogP contribution in [0.15, 0.2) is 28.4 Å². The molecule has 0 fully saturated rings. The molecule has 1 unspecified atom stereocenters. The predicted octanol–water partition coefficient (Wildman–Crippen LogP) is 3.83. The van der Waals surface area contributed by atoms with Crippen LogP contribution in [0.4, 0.5) is 0 Å². The lowest BCUT2D eigenvalue weighted by Gasteiger charge is -2.04. The van der Waals surface area contributed by atoms with Gasteiger partial charge in [-0.15, -0.1) is 0 Å². The molecule has 0 N–H and O–H groups in total. The van der Waals surface area contributed by atoms with E-state index in [0.29, 0.717) is 5.17 Å². The number of nitriles is 1. The van der Waals surface area contributed by atoms with E-state index in [1.807, 2.05) is 19.9 Å². The zero-order chi connectivity index (χ0) is 11.1. The molecule has 0 saturated heterocycles. The van der Waals surface area contributed by atoms with Gasteiger partial charge in [0.2, 0.25) is 0 Å². The molecule has 0 bridgehead atoms. The van der Waals surface area contributed by atoms with Crippen LogP contribution in [0, 0.1) is 17.2 Å². The second-order valence-corrected chi connectivity index (χ2v) is 3.51. The van der Waals surface area contributed by atoms with Crippen molar-refractivity contribution >= 4 is 28.4 Å². The number of aliphatic imine (C=N–C) groups is 1. The van der Waals surface area contributed by atoms with Crippen molar-refractivity contribution < 1.29 is 0 Å². The largest absolute Gasteiger partial charge is 0.227 e. The molecule has 0 aliphatic rings. The molecule has 0 radical (unpaired) electrons. The van der Waals surface area contributed by atoms with E-state index < -0.39 is 0 Å². The predicted molar refractivity (Wildman–Crippen MR) is 61.4 cm³/mol. The minimum atomic E-state index is 0.0906. The van der Waals surface area contributed by atoms with Crippen molar-refractivity contribution in [2.24, 2.45) is 10.9 Å². The molecule has 0 aliphatic carbocycles. The van der Waals surface area contributed by atoms with E-state index in [-0.39, 0.29) is 16.6 Å². The first-order valence-corrected chi connectivity index (χ1v) is 4.98. The summed E-state index contributed by atoms with van der Waals surface area (Å²) >= 11 is 11.6. The van der Waals surface area contributed by atoms with Crippen molar-refractivity contribution in [3.8, 4) is 6.07 Å². The van der Waals surface area contributed by atoms with Crippen molar-refractivity contribution in [2.75, 3.05) is 0 Å². The maximum absolute atomic E-state index is 8.63. The van der Waals surface area contributed by atoms with Gasteiger partial charge in [0.15, 0.2) is 0 Å². The summed E-state index contributed by atoms with van der Waals surface area (Å²) in [6.45, 7) is 7.39. The average Bonchev–Trinajstić information content (AvgIpc) is 2.18. The van der Waals surface area contributed by atoms with E-state index in [2.05, 4.69) is 11.6 Å². The van der Waals surface area contributed by atoms with Gasteiger partial charge in [-0.25, -0.2) is 4.99 Å². The Balaban J connectivity index is 4.91. The molecule has 0 saturated carbocycles. The van der Waals surface area contributed by atoms with Gasteiger partial charge >= 0.3 is 0 Å². The first-order chi connectivity index (χ1) is 6.56. The Morgan fingerprint density at radius 1 is 1.64 bits per heavy atom. The van der Waals surface area contributed by atoms with E-state index in [0.717, 1.165) is 6.42 Å². The van der Waals surface area contributed by atoms with Crippen molar-refractivity contribution in [3.05, 3.63) is 23.4 Å². The molecule has 4 heteroatoms. The SMILES string of the molecule is C=C/C(C#N)=C(/Cl)N=C(Cl)C(C)CC. The summed E-state index contributed by atoms with van der Waals surface area (Å²) in [7, 11) is 0. The van der Waals surface area contributed by atoms with Crippen molar-refractivity contribution in [2.45, 2.75) is 20.3 Å². The summed E-state index contributed by atoms with van der Waals surface area (Å²) in [5.74, 6) is 0.148. The van der Waals surface area contributed by atoms with Crippen LogP contribution in [0.2, 0.25) is 0 Å². The molecule has 14 heavy (non-hydrogen) atoms. The van der Waals surface area contributed by atoms with Gasteiger partial charge in [0, 0.05) is 5.92 Å². The zero-order valence-corrected chi connectivity index (χ0v) is 9.73. The molecule has 76 valence electrons. The first-order valence-electron chi connectivity index (χ1n) is 4.23. The Morgan fingerprint density at radius 3 is 2.57 bits per heavy atom. The topological polar surface area (TPSA) is 36.1 Å². The molecule has 0 heterocycles. The van der Waals surface area contributed by atoms with E-state index >= 15 is 0 Å². The normalized spacial score (nSPS) is 15.5. The molecular formula is C10H12Cl2N2. The highest BCUT2D eigenvalue weighted by molar-refractivity contribution is 6.66. The van der Waals surface area contributed by atoms with Crippen LogP contribution in [-0.2, 0) is 0 Å². The molecule has 0 aliphatic heterocycles. The molecular weight excluding hydrogens is 219 g/mol. The van der Waals surface area contributed by atoms with Crippen LogP contribution >= 0.6 is 23.2 Å². The average molecular weight is 231 g/mol.